The summed E-state index contributed by atoms with van der Waals surface area (Å²) in [4.78, 5) is 8.60. The Hall–Kier alpha value is -2.10. The third kappa shape index (κ3) is 4.45. The normalized spacial score (nSPS) is 10.4. The Morgan fingerprint density at radius 3 is 2.57 bits per heavy atom. The Labute approximate surface area is 126 Å². The standard InChI is InChI=1S/C17H23N3O/c1-4-6-7-14-8-10-15(11-9-14)21-16-13(3)12-19-17(20-16)18-5-2/h8-12H,4-7H2,1-3H3,(H,18,19,20). The highest BCUT2D eigenvalue weighted by molar-refractivity contribution is 5.36. The van der Waals surface area contributed by atoms with Gasteiger partial charge in [0.05, 0.1) is 0 Å². The molecule has 0 atom stereocenters. The molecule has 4 heteroatoms. The smallest absolute Gasteiger partial charge is 0.226 e. The van der Waals surface area contributed by atoms with Crippen LogP contribution in [0.3, 0.4) is 0 Å². The van der Waals surface area contributed by atoms with Crippen LogP contribution >= 0.6 is 0 Å². The van der Waals surface area contributed by atoms with Crippen molar-refractivity contribution in [1.82, 2.24) is 9.97 Å². The Balaban J connectivity index is 2.08. The topological polar surface area (TPSA) is 47.0 Å². The molecule has 0 spiro atoms. The predicted octanol–water partition coefficient (Wildman–Crippen LogP) is 4.35. The summed E-state index contributed by atoms with van der Waals surface area (Å²) in [6.07, 6.45) is 5.33. The van der Waals surface area contributed by atoms with Crippen molar-refractivity contribution < 1.29 is 4.74 Å². The van der Waals surface area contributed by atoms with E-state index in [1.54, 1.807) is 6.20 Å². The lowest BCUT2D eigenvalue weighted by molar-refractivity contribution is 0.458. The van der Waals surface area contributed by atoms with Gasteiger partial charge >= 0.3 is 0 Å². The quantitative estimate of drug-likeness (QED) is 0.821. The van der Waals surface area contributed by atoms with Gasteiger partial charge in [0.2, 0.25) is 11.8 Å². The second-order valence-electron chi connectivity index (χ2n) is 5.06. The average molecular weight is 285 g/mol. The van der Waals surface area contributed by atoms with Crippen molar-refractivity contribution in [2.45, 2.75) is 40.0 Å². The summed E-state index contributed by atoms with van der Waals surface area (Å²) >= 11 is 0. The van der Waals surface area contributed by atoms with E-state index >= 15 is 0 Å². The minimum atomic E-state index is 0.595. The van der Waals surface area contributed by atoms with Crippen LogP contribution in [0.4, 0.5) is 5.95 Å². The fraction of sp³-hybridized carbons (Fsp3) is 0.412. The van der Waals surface area contributed by atoms with E-state index in [-0.39, 0.29) is 0 Å². The number of anilines is 1. The molecule has 2 rings (SSSR count). The van der Waals surface area contributed by atoms with Crippen LogP contribution in [-0.4, -0.2) is 16.5 Å². The molecule has 21 heavy (non-hydrogen) atoms. The van der Waals surface area contributed by atoms with E-state index in [0.717, 1.165) is 24.3 Å². The molecular weight excluding hydrogens is 262 g/mol. The molecule has 4 nitrogen and oxygen atoms in total. The van der Waals surface area contributed by atoms with Gasteiger partial charge in [0.1, 0.15) is 5.75 Å². The first kappa shape index (κ1) is 15.3. The number of rotatable bonds is 7. The van der Waals surface area contributed by atoms with E-state index < -0.39 is 0 Å². The lowest BCUT2D eigenvalue weighted by Gasteiger charge is -2.10. The first-order valence-corrected chi connectivity index (χ1v) is 7.57. The average Bonchev–Trinajstić information content (AvgIpc) is 2.50. The monoisotopic (exact) mass is 285 g/mol. The summed E-state index contributed by atoms with van der Waals surface area (Å²) in [7, 11) is 0. The Morgan fingerprint density at radius 1 is 1.14 bits per heavy atom. The number of benzene rings is 1. The van der Waals surface area contributed by atoms with Crippen LogP contribution in [0.1, 0.15) is 37.8 Å². The lowest BCUT2D eigenvalue weighted by Crippen LogP contribution is -2.03. The van der Waals surface area contributed by atoms with Crippen LogP contribution < -0.4 is 10.1 Å². The van der Waals surface area contributed by atoms with Crippen LogP contribution in [0.5, 0.6) is 11.6 Å². The largest absolute Gasteiger partial charge is 0.439 e. The number of unbranched alkanes of at least 4 members (excludes halogenated alkanes) is 1. The zero-order chi connectivity index (χ0) is 15.1. The van der Waals surface area contributed by atoms with Crippen molar-refractivity contribution in [1.29, 1.82) is 0 Å². The van der Waals surface area contributed by atoms with E-state index in [2.05, 4.69) is 34.3 Å². The minimum absolute atomic E-state index is 0.595. The van der Waals surface area contributed by atoms with Gasteiger partial charge in [-0.3, -0.25) is 0 Å². The molecule has 1 N–H and O–H groups in total. The van der Waals surface area contributed by atoms with E-state index in [1.807, 2.05) is 26.0 Å². The van der Waals surface area contributed by atoms with Gasteiger partial charge in [0, 0.05) is 18.3 Å². The molecule has 0 saturated carbocycles. The van der Waals surface area contributed by atoms with Crippen LogP contribution in [0.15, 0.2) is 30.5 Å². The van der Waals surface area contributed by atoms with E-state index in [9.17, 15) is 0 Å². The second-order valence-corrected chi connectivity index (χ2v) is 5.06. The molecule has 1 heterocycles. The SMILES string of the molecule is CCCCc1ccc(Oc2nc(NCC)ncc2C)cc1. The molecule has 0 fully saturated rings. The summed E-state index contributed by atoms with van der Waals surface area (Å²) in [6.45, 7) is 6.95. The minimum Gasteiger partial charge on any atom is -0.439 e. The number of nitrogens with zero attached hydrogens (tertiary/aromatic N) is 2. The summed E-state index contributed by atoms with van der Waals surface area (Å²) in [5.41, 5.74) is 2.27. The maximum absolute atomic E-state index is 5.86. The zero-order valence-corrected chi connectivity index (χ0v) is 13.0. The molecular formula is C17H23N3O. The molecule has 112 valence electrons. The van der Waals surface area contributed by atoms with E-state index in [4.69, 9.17) is 4.74 Å². The molecule has 0 amide bonds. The van der Waals surface area contributed by atoms with Crippen molar-refractivity contribution in [3.8, 4) is 11.6 Å². The van der Waals surface area contributed by atoms with Gasteiger partial charge in [-0.05, 0) is 44.4 Å². The first-order chi connectivity index (χ1) is 10.2. The Morgan fingerprint density at radius 2 is 1.90 bits per heavy atom. The molecule has 2 aromatic rings. The molecule has 0 aliphatic heterocycles. The Bertz CT molecular complexity index is 567. The first-order valence-electron chi connectivity index (χ1n) is 7.57. The number of hydrogen-bond donors (Lipinski definition) is 1. The number of nitrogens with one attached hydrogen (secondary N) is 1. The van der Waals surface area contributed by atoms with Crippen molar-refractivity contribution in [2.75, 3.05) is 11.9 Å². The molecule has 0 bridgehead atoms. The number of aryl methyl sites for hydroxylation is 2. The van der Waals surface area contributed by atoms with Gasteiger partial charge in [-0.2, -0.15) is 4.98 Å². The fourth-order valence-corrected chi connectivity index (χ4v) is 1.99. The summed E-state index contributed by atoms with van der Waals surface area (Å²) in [6, 6.07) is 8.23. The number of hydrogen-bond acceptors (Lipinski definition) is 4. The van der Waals surface area contributed by atoms with Crippen molar-refractivity contribution in [3.05, 3.63) is 41.6 Å². The molecule has 0 radical (unpaired) electrons. The van der Waals surface area contributed by atoms with Crippen LogP contribution in [0, 0.1) is 6.92 Å². The van der Waals surface area contributed by atoms with Crippen LogP contribution in [-0.2, 0) is 6.42 Å². The molecule has 1 aromatic heterocycles. The third-order valence-electron chi connectivity index (χ3n) is 3.22. The summed E-state index contributed by atoms with van der Waals surface area (Å²) < 4.78 is 5.86. The predicted molar refractivity (Wildman–Crippen MR) is 86.1 cm³/mol. The van der Waals surface area contributed by atoms with Gasteiger partial charge in [-0.15, -0.1) is 0 Å². The summed E-state index contributed by atoms with van der Waals surface area (Å²) in [5.74, 6) is 2.00. The zero-order valence-electron chi connectivity index (χ0n) is 13.0. The number of aromatic nitrogens is 2. The van der Waals surface area contributed by atoms with Gasteiger partial charge in [0.25, 0.3) is 0 Å². The van der Waals surface area contributed by atoms with Crippen molar-refractivity contribution in [2.24, 2.45) is 0 Å². The highest BCUT2D eigenvalue weighted by Gasteiger charge is 2.06. The second kappa shape index (κ2) is 7.62. The Kier molecular flexibility index (Phi) is 5.55. The van der Waals surface area contributed by atoms with Gasteiger partial charge < -0.3 is 10.1 Å². The third-order valence-corrected chi connectivity index (χ3v) is 3.22. The molecule has 0 aliphatic rings. The molecule has 0 aliphatic carbocycles. The van der Waals surface area contributed by atoms with Crippen molar-refractivity contribution in [3.63, 3.8) is 0 Å². The molecule has 0 saturated heterocycles. The maximum Gasteiger partial charge on any atom is 0.226 e. The fourth-order valence-electron chi connectivity index (χ4n) is 1.99. The van der Waals surface area contributed by atoms with Gasteiger partial charge in [-0.25, -0.2) is 4.98 Å². The highest BCUT2D eigenvalue weighted by atomic mass is 16.5. The lowest BCUT2D eigenvalue weighted by atomic mass is 10.1. The molecule has 0 unspecified atom stereocenters. The van der Waals surface area contributed by atoms with E-state index in [1.165, 1.54) is 18.4 Å². The number of ether oxygens (including phenoxy) is 1. The van der Waals surface area contributed by atoms with E-state index in [0.29, 0.717) is 11.8 Å². The highest BCUT2D eigenvalue weighted by Crippen LogP contribution is 2.24. The van der Waals surface area contributed by atoms with Crippen LogP contribution in [0.2, 0.25) is 0 Å². The van der Waals surface area contributed by atoms with Gasteiger partial charge in [0.15, 0.2) is 0 Å². The maximum atomic E-state index is 5.86. The molecule has 1 aromatic carbocycles. The van der Waals surface area contributed by atoms with Crippen molar-refractivity contribution >= 4 is 5.95 Å². The summed E-state index contributed by atoms with van der Waals surface area (Å²) in [5, 5.41) is 3.09. The van der Waals surface area contributed by atoms with Gasteiger partial charge in [-0.1, -0.05) is 25.5 Å². The van der Waals surface area contributed by atoms with Crippen LogP contribution in [0.25, 0.3) is 0 Å².